The SMILES string of the molecule is COc1ccc(NC(=O)[C@H](OC(=O)c2ccc(C(C)(C)C)cc2)c2ccccc2)cc1Cl. The zero-order valence-electron chi connectivity index (χ0n) is 18.5. The molecule has 0 fully saturated rings. The third-order valence-electron chi connectivity index (χ3n) is 4.97. The summed E-state index contributed by atoms with van der Waals surface area (Å²) in [4.78, 5) is 25.9. The van der Waals surface area contributed by atoms with Gasteiger partial charge in [0.1, 0.15) is 5.75 Å². The van der Waals surface area contributed by atoms with E-state index in [-0.39, 0.29) is 5.41 Å². The number of methoxy groups -OCH3 is 1. The Kier molecular flexibility index (Phi) is 7.21. The zero-order chi connectivity index (χ0) is 23.3. The summed E-state index contributed by atoms with van der Waals surface area (Å²) in [6, 6.07) is 21.0. The minimum Gasteiger partial charge on any atom is -0.495 e. The van der Waals surface area contributed by atoms with Crippen molar-refractivity contribution in [2.45, 2.75) is 32.3 Å². The Bertz CT molecular complexity index is 1090. The van der Waals surface area contributed by atoms with Crippen molar-refractivity contribution in [3.8, 4) is 5.75 Å². The van der Waals surface area contributed by atoms with Crippen LogP contribution in [0.4, 0.5) is 5.69 Å². The van der Waals surface area contributed by atoms with Crippen LogP contribution in [0.2, 0.25) is 5.02 Å². The van der Waals surface area contributed by atoms with E-state index in [1.807, 2.05) is 18.2 Å². The van der Waals surface area contributed by atoms with Crippen LogP contribution in [0.3, 0.4) is 0 Å². The predicted molar refractivity (Wildman–Crippen MR) is 126 cm³/mol. The van der Waals surface area contributed by atoms with Gasteiger partial charge in [-0.25, -0.2) is 4.79 Å². The van der Waals surface area contributed by atoms with E-state index < -0.39 is 18.0 Å². The van der Waals surface area contributed by atoms with Gasteiger partial charge in [0, 0.05) is 11.3 Å². The Morgan fingerprint density at radius 3 is 2.16 bits per heavy atom. The molecule has 0 aliphatic heterocycles. The van der Waals surface area contributed by atoms with E-state index in [4.69, 9.17) is 21.1 Å². The number of hydrogen-bond acceptors (Lipinski definition) is 4. The molecule has 0 bridgehead atoms. The molecule has 5 nitrogen and oxygen atoms in total. The number of ether oxygens (including phenoxy) is 2. The summed E-state index contributed by atoms with van der Waals surface area (Å²) in [5.41, 5.74) is 2.47. The lowest BCUT2D eigenvalue weighted by Crippen LogP contribution is -2.26. The van der Waals surface area contributed by atoms with E-state index in [1.54, 1.807) is 54.6 Å². The summed E-state index contributed by atoms with van der Waals surface area (Å²) in [5, 5.41) is 3.12. The van der Waals surface area contributed by atoms with Crippen molar-refractivity contribution < 1.29 is 19.1 Å². The Morgan fingerprint density at radius 2 is 1.59 bits per heavy atom. The second-order valence-corrected chi connectivity index (χ2v) is 8.77. The molecule has 3 rings (SSSR count). The van der Waals surface area contributed by atoms with Gasteiger partial charge in [-0.05, 0) is 41.3 Å². The molecule has 0 aliphatic rings. The molecule has 0 radical (unpaired) electrons. The van der Waals surface area contributed by atoms with Gasteiger partial charge in [-0.3, -0.25) is 4.79 Å². The lowest BCUT2D eigenvalue weighted by atomic mass is 9.87. The second-order valence-electron chi connectivity index (χ2n) is 8.36. The Labute approximate surface area is 193 Å². The first-order valence-electron chi connectivity index (χ1n) is 10.2. The lowest BCUT2D eigenvalue weighted by molar-refractivity contribution is -0.125. The molecule has 0 aromatic heterocycles. The van der Waals surface area contributed by atoms with E-state index >= 15 is 0 Å². The Hall–Kier alpha value is -3.31. The van der Waals surface area contributed by atoms with Gasteiger partial charge in [0.2, 0.25) is 6.10 Å². The maximum Gasteiger partial charge on any atom is 0.339 e. The molecule has 1 N–H and O–H groups in total. The van der Waals surface area contributed by atoms with Gasteiger partial charge in [0.25, 0.3) is 5.91 Å². The number of carbonyl (C=O) groups excluding carboxylic acids is 2. The number of hydrogen-bond donors (Lipinski definition) is 1. The van der Waals surface area contributed by atoms with Gasteiger partial charge in [-0.2, -0.15) is 0 Å². The first kappa shape index (κ1) is 23.4. The molecule has 1 amide bonds. The predicted octanol–water partition coefficient (Wildman–Crippen LogP) is 6.18. The number of esters is 1. The fourth-order valence-corrected chi connectivity index (χ4v) is 3.39. The van der Waals surface area contributed by atoms with Gasteiger partial charge >= 0.3 is 5.97 Å². The van der Waals surface area contributed by atoms with Crippen molar-refractivity contribution in [1.29, 1.82) is 0 Å². The number of anilines is 1. The van der Waals surface area contributed by atoms with E-state index in [1.165, 1.54) is 7.11 Å². The molecule has 0 saturated heterocycles. The summed E-state index contributed by atoms with van der Waals surface area (Å²) in [6.45, 7) is 6.30. The normalized spacial score (nSPS) is 12.0. The molecule has 0 spiro atoms. The van der Waals surface area contributed by atoms with E-state index in [2.05, 4.69) is 26.1 Å². The van der Waals surface area contributed by atoms with E-state index in [9.17, 15) is 9.59 Å². The van der Waals surface area contributed by atoms with Crippen LogP contribution in [-0.2, 0) is 14.9 Å². The summed E-state index contributed by atoms with van der Waals surface area (Å²) in [7, 11) is 1.51. The van der Waals surface area contributed by atoms with Crippen molar-refractivity contribution >= 4 is 29.2 Å². The number of nitrogens with one attached hydrogen (secondary N) is 1. The van der Waals surface area contributed by atoms with Gasteiger partial charge in [0.15, 0.2) is 0 Å². The van der Waals surface area contributed by atoms with Crippen molar-refractivity contribution in [2.24, 2.45) is 0 Å². The van der Waals surface area contributed by atoms with Crippen LogP contribution in [0.1, 0.15) is 48.4 Å². The molecule has 0 saturated carbocycles. The van der Waals surface area contributed by atoms with E-state index in [0.29, 0.717) is 27.6 Å². The molecule has 32 heavy (non-hydrogen) atoms. The summed E-state index contributed by atoms with van der Waals surface area (Å²) >= 11 is 6.16. The molecule has 166 valence electrons. The highest BCUT2D eigenvalue weighted by Gasteiger charge is 2.26. The molecule has 6 heteroatoms. The minimum atomic E-state index is -1.13. The minimum absolute atomic E-state index is 0.0332. The second kappa shape index (κ2) is 9.88. The van der Waals surface area contributed by atoms with Crippen LogP contribution >= 0.6 is 11.6 Å². The van der Waals surface area contributed by atoms with Gasteiger partial charge in [-0.15, -0.1) is 0 Å². The molecular formula is C26H26ClNO4. The fourth-order valence-electron chi connectivity index (χ4n) is 3.13. The first-order valence-corrected chi connectivity index (χ1v) is 10.6. The third kappa shape index (κ3) is 5.68. The van der Waals surface area contributed by atoms with Crippen LogP contribution < -0.4 is 10.1 Å². The molecule has 0 heterocycles. The van der Waals surface area contributed by atoms with Gasteiger partial charge in [-0.1, -0.05) is 74.8 Å². The maximum absolute atomic E-state index is 13.1. The molecule has 0 aliphatic carbocycles. The quantitative estimate of drug-likeness (QED) is 0.454. The standard InChI is InChI=1S/C26H26ClNO4/c1-26(2,3)19-12-10-18(11-13-19)25(30)32-23(17-8-6-5-7-9-17)24(29)28-20-14-15-22(31-4)21(27)16-20/h5-16,23H,1-4H3,(H,28,29)/t23-/m1/s1. The van der Waals surface area contributed by atoms with Gasteiger partial charge in [0.05, 0.1) is 17.7 Å². The summed E-state index contributed by atoms with van der Waals surface area (Å²) in [6.07, 6.45) is -1.13. The molecule has 0 unspecified atom stereocenters. The topological polar surface area (TPSA) is 64.6 Å². The molecule has 1 atom stereocenters. The zero-order valence-corrected chi connectivity index (χ0v) is 19.3. The fraction of sp³-hybridized carbons (Fsp3) is 0.231. The smallest absolute Gasteiger partial charge is 0.339 e. The number of rotatable bonds is 6. The average Bonchev–Trinajstić information content (AvgIpc) is 2.77. The molecule has 3 aromatic carbocycles. The van der Waals surface area contributed by atoms with Crippen molar-refractivity contribution in [2.75, 3.05) is 12.4 Å². The Morgan fingerprint density at radius 1 is 0.938 bits per heavy atom. The summed E-state index contributed by atoms with van der Waals surface area (Å²) in [5.74, 6) is -0.575. The average molecular weight is 452 g/mol. The summed E-state index contributed by atoms with van der Waals surface area (Å²) < 4.78 is 10.8. The van der Waals surface area contributed by atoms with Crippen LogP contribution in [0.15, 0.2) is 72.8 Å². The van der Waals surface area contributed by atoms with Gasteiger partial charge < -0.3 is 14.8 Å². The first-order chi connectivity index (χ1) is 15.2. The Balaban J connectivity index is 1.82. The van der Waals surface area contributed by atoms with Crippen LogP contribution in [0.25, 0.3) is 0 Å². The highest BCUT2D eigenvalue weighted by Crippen LogP contribution is 2.29. The monoisotopic (exact) mass is 451 g/mol. The number of benzene rings is 3. The highest BCUT2D eigenvalue weighted by atomic mass is 35.5. The van der Waals surface area contributed by atoms with Crippen molar-refractivity contribution in [3.63, 3.8) is 0 Å². The molecular weight excluding hydrogens is 426 g/mol. The van der Waals surface area contributed by atoms with Crippen LogP contribution in [0.5, 0.6) is 5.75 Å². The highest BCUT2D eigenvalue weighted by molar-refractivity contribution is 6.32. The number of halogens is 1. The largest absolute Gasteiger partial charge is 0.495 e. The van der Waals surface area contributed by atoms with Crippen molar-refractivity contribution in [3.05, 3.63) is 94.5 Å². The molecule has 3 aromatic rings. The number of amides is 1. The van der Waals surface area contributed by atoms with E-state index in [0.717, 1.165) is 5.56 Å². The van der Waals surface area contributed by atoms with Crippen LogP contribution in [-0.4, -0.2) is 19.0 Å². The lowest BCUT2D eigenvalue weighted by Gasteiger charge is -2.20. The van der Waals surface area contributed by atoms with Crippen LogP contribution in [0, 0.1) is 0 Å². The third-order valence-corrected chi connectivity index (χ3v) is 5.27. The maximum atomic E-state index is 13.1. The van der Waals surface area contributed by atoms with Crippen molar-refractivity contribution in [1.82, 2.24) is 0 Å². The number of carbonyl (C=O) groups is 2.